The highest BCUT2D eigenvalue weighted by atomic mass is 16.5. The summed E-state index contributed by atoms with van der Waals surface area (Å²) in [6.07, 6.45) is 1.54. The third-order valence-corrected chi connectivity index (χ3v) is 3.46. The van der Waals surface area contributed by atoms with E-state index in [2.05, 4.69) is 10.6 Å². The second-order valence-corrected chi connectivity index (χ2v) is 5.14. The molecule has 1 unspecified atom stereocenters. The fourth-order valence-electron chi connectivity index (χ4n) is 2.35. The standard InChI is InChI=1S/C16H24N2O4/c1-3-21-8-4-7-17-16(19)18-13-9-12-10-14(20-2)5-6-15(12)22-11-13/h5-6,10,13H,3-4,7-9,11H2,1-2H3,(H2,17,18,19). The molecule has 22 heavy (non-hydrogen) atoms. The molecule has 0 fully saturated rings. The molecule has 0 aliphatic carbocycles. The molecule has 2 rings (SSSR count). The quantitative estimate of drug-likeness (QED) is 0.753. The number of hydrogen-bond acceptors (Lipinski definition) is 4. The molecule has 2 N–H and O–H groups in total. The molecular formula is C16H24N2O4. The van der Waals surface area contributed by atoms with Gasteiger partial charge >= 0.3 is 6.03 Å². The summed E-state index contributed by atoms with van der Waals surface area (Å²) in [5.41, 5.74) is 1.05. The number of amides is 2. The van der Waals surface area contributed by atoms with E-state index in [1.54, 1.807) is 7.11 Å². The van der Waals surface area contributed by atoms with Crippen molar-refractivity contribution in [1.82, 2.24) is 10.6 Å². The van der Waals surface area contributed by atoms with Crippen molar-refractivity contribution in [2.75, 3.05) is 33.5 Å². The first-order chi connectivity index (χ1) is 10.7. The minimum Gasteiger partial charge on any atom is -0.497 e. The zero-order chi connectivity index (χ0) is 15.8. The topological polar surface area (TPSA) is 68.8 Å². The molecule has 1 aromatic rings. The van der Waals surface area contributed by atoms with Gasteiger partial charge in [-0.1, -0.05) is 0 Å². The third-order valence-electron chi connectivity index (χ3n) is 3.46. The van der Waals surface area contributed by atoms with Gasteiger partial charge in [-0.3, -0.25) is 0 Å². The number of urea groups is 1. The van der Waals surface area contributed by atoms with Crippen molar-refractivity contribution in [2.24, 2.45) is 0 Å². The van der Waals surface area contributed by atoms with E-state index in [9.17, 15) is 4.79 Å². The smallest absolute Gasteiger partial charge is 0.315 e. The van der Waals surface area contributed by atoms with Crippen molar-refractivity contribution in [3.8, 4) is 11.5 Å². The number of fused-ring (bicyclic) bond motifs is 1. The largest absolute Gasteiger partial charge is 0.497 e. The first kappa shape index (κ1) is 16.4. The van der Waals surface area contributed by atoms with Crippen molar-refractivity contribution in [3.63, 3.8) is 0 Å². The maximum absolute atomic E-state index is 11.8. The Morgan fingerprint density at radius 2 is 2.32 bits per heavy atom. The van der Waals surface area contributed by atoms with Gasteiger partial charge in [-0.05, 0) is 43.5 Å². The summed E-state index contributed by atoms with van der Waals surface area (Å²) in [5.74, 6) is 1.65. The molecule has 0 spiro atoms. The summed E-state index contributed by atoms with van der Waals surface area (Å²) in [6, 6.07) is 5.52. The summed E-state index contributed by atoms with van der Waals surface area (Å²) in [5, 5.41) is 5.76. The number of nitrogens with one attached hydrogen (secondary N) is 2. The monoisotopic (exact) mass is 308 g/mol. The van der Waals surface area contributed by atoms with Gasteiger partial charge in [-0.15, -0.1) is 0 Å². The van der Waals surface area contributed by atoms with Gasteiger partial charge in [0.05, 0.1) is 13.2 Å². The van der Waals surface area contributed by atoms with Gasteiger partial charge < -0.3 is 24.8 Å². The predicted molar refractivity (Wildman–Crippen MR) is 83.6 cm³/mol. The normalized spacial score (nSPS) is 16.4. The van der Waals surface area contributed by atoms with Crippen molar-refractivity contribution in [3.05, 3.63) is 23.8 Å². The maximum Gasteiger partial charge on any atom is 0.315 e. The molecule has 0 radical (unpaired) electrons. The number of benzene rings is 1. The molecule has 1 heterocycles. The SMILES string of the molecule is CCOCCCNC(=O)NC1COc2ccc(OC)cc2C1. The summed E-state index contributed by atoms with van der Waals surface area (Å²) >= 11 is 0. The highest BCUT2D eigenvalue weighted by molar-refractivity contribution is 5.74. The lowest BCUT2D eigenvalue weighted by Crippen LogP contribution is -2.47. The molecule has 0 saturated heterocycles. The van der Waals surface area contributed by atoms with Crippen LogP contribution in [0, 0.1) is 0 Å². The van der Waals surface area contributed by atoms with Crippen LogP contribution in [0.5, 0.6) is 11.5 Å². The summed E-state index contributed by atoms with van der Waals surface area (Å²) in [6.45, 7) is 4.40. The van der Waals surface area contributed by atoms with E-state index in [1.165, 1.54) is 0 Å². The van der Waals surface area contributed by atoms with Gasteiger partial charge in [0.2, 0.25) is 0 Å². The fourth-order valence-corrected chi connectivity index (χ4v) is 2.35. The highest BCUT2D eigenvalue weighted by Gasteiger charge is 2.21. The summed E-state index contributed by atoms with van der Waals surface area (Å²) < 4.78 is 16.1. The molecule has 1 aromatic carbocycles. The molecule has 0 bridgehead atoms. The van der Waals surface area contributed by atoms with Gasteiger partial charge in [0.15, 0.2) is 0 Å². The molecule has 6 nitrogen and oxygen atoms in total. The van der Waals surface area contributed by atoms with E-state index in [0.717, 1.165) is 29.9 Å². The lowest BCUT2D eigenvalue weighted by Gasteiger charge is -2.26. The average Bonchev–Trinajstić information content (AvgIpc) is 2.54. The third kappa shape index (κ3) is 4.80. The van der Waals surface area contributed by atoms with E-state index in [0.29, 0.717) is 26.4 Å². The van der Waals surface area contributed by atoms with E-state index in [-0.39, 0.29) is 12.1 Å². The van der Waals surface area contributed by atoms with Crippen LogP contribution in [0.3, 0.4) is 0 Å². The molecule has 0 aromatic heterocycles. The number of carbonyl (C=O) groups excluding carboxylic acids is 1. The zero-order valence-corrected chi connectivity index (χ0v) is 13.2. The van der Waals surface area contributed by atoms with Crippen LogP contribution >= 0.6 is 0 Å². The van der Waals surface area contributed by atoms with Crippen molar-refractivity contribution < 1.29 is 19.0 Å². The number of rotatable bonds is 7. The van der Waals surface area contributed by atoms with E-state index < -0.39 is 0 Å². The Labute approximate surface area is 131 Å². The molecule has 1 atom stereocenters. The van der Waals surface area contributed by atoms with Crippen LogP contribution in [0.25, 0.3) is 0 Å². The lowest BCUT2D eigenvalue weighted by atomic mass is 10.0. The minimum absolute atomic E-state index is 0.0357. The Morgan fingerprint density at radius 3 is 3.09 bits per heavy atom. The second kappa shape index (κ2) is 8.48. The molecule has 1 aliphatic rings. The van der Waals surface area contributed by atoms with Gasteiger partial charge in [-0.2, -0.15) is 0 Å². The average molecular weight is 308 g/mol. The Kier molecular flexibility index (Phi) is 6.33. The fraction of sp³-hybridized carbons (Fsp3) is 0.562. The van der Waals surface area contributed by atoms with Gasteiger partial charge in [0.1, 0.15) is 18.1 Å². The van der Waals surface area contributed by atoms with Crippen LogP contribution in [-0.4, -0.2) is 45.5 Å². The summed E-state index contributed by atoms with van der Waals surface area (Å²) in [7, 11) is 1.64. The van der Waals surface area contributed by atoms with Crippen molar-refractivity contribution >= 4 is 6.03 Å². The van der Waals surface area contributed by atoms with Crippen LogP contribution in [0.4, 0.5) is 4.79 Å². The first-order valence-electron chi connectivity index (χ1n) is 7.64. The predicted octanol–water partition coefficient (Wildman–Crippen LogP) is 1.72. The molecular weight excluding hydrogens is 284 g/mol. The zero-order valence-electron chi connectivity index (χ0n) is 13.2. The Balaban J connectivity index is 1.76. The van der Waals surface area contributed by atoms with Crippen LogP contribution in [0.15, 0.2) is 18.2 Å². The van der Waals surface area contributed by atoms with Crippen molar-refractivity contribution in [2.45, 2.75) is 25.8 Å². The van der Waals surface area contributed by atoms with E-state index >= 15 is 0 Å². The van der Waals surface area contributed by atoms with E-state index in [1.807, 2.05) is 25.1 Å². The first-order valence-corrected chi connectivity index (χ1v) is 7.64. The van der Waals surface area contributed by atoms with Crippen LogP contribution < -0.4 is 20.1 Å². The van der Waals surface area contributed by atoms with Crippen molar-refractivity contribution in [1.29, 1.82) is 0 Å². The number of hydrogen-bond donors (Lipinski definition) is 2. The van der Waals surface area contributed by atoms with Gasteiger partial charge in [-0.25, -0.2) is 4.79 Å². The Morgan fingerprint density at radius 1 is 1.45 bits per heavy atom. The van der Waals surface area contributed by atoms with Crippen LogP contribution in [0.2, 0.25) is 0 Å². The molecule has 2 amide bonds. The molecule has 6 heteroatoms. The number of carbonyl (C=O) groups is 1. The molecule has 1 aliphatic heterocycles. The molecule has 0 saturated carbocycles. The maximum atomic E-state index is 11.8. The minimum atomic E-state index is -0.170. The van der Waals surface area contributed by atoms with Crippen LogP contribution in [-0.2, 0) is 11.2 Å². The lowest BCUT2D eigenvalue weighted by molar-refractivity contribution is 0.145. The Hall–Kier alpha value is -1.95. The van der Waals surface area contributed by atoms with Gasteiger partial charge in [0.25, 0.3) is 0 Å². The second-order valence-electron chi connectivity index (χ2n) is 5.14. The highest BCUT2D eigenvalue weighted by Crippen LogP contribution is 2.28. The summed E-state index contributed by atoms with van der Waals surface area (Å²) in [4.78, 5) is 11.8. The Bertz CT molecular complexity index is 493. The molecule has 122 valence electrons. The van der Waals surface area contributed by atoms with E-state index in [4.69, 9.17) is 14.2 Å². The number of ether oxygens (including phenoxy) is 3. The van der Waals surface area contributed by atoms with Gasteiger partial charge in [0, 0.05) is 19.8 Å². The van der Waals surface area contributed by atoms with Crippen LogP contribution in [0.1, 0.15) is 18.9 Å². The number of methoxy groups -OCH3 is 1.